The van der Waals surface area contributed by atoms with E-state index in [1.165, 1.54) is 0 Å². The highest BCUT2D eigenvalue weighted by Gasteiger charge is 2.20. The fraction of sp³-hybridized carbons (Fsp3) is 0.357. The molecule has 1 aromatic rings. The van der Waals surface area contributed by atoms with Crippen molar-refractivity contribution in [2.45, 2.75) is 12.5 Å². The Morgan fingerprint density at radius 2 is 2.22 bits per heavy atom. The second kappa shape index (κ2) is 6.08. The van der Waals surface area contributed by atoms with Gasteiger partial charge in [-0.25, -0.2) is 4.79 Å². The lowest BCUT2D eigenvalue weighted by Gasteiger charge is -2.10. The Bertz CT molecular complexity index is 438. The summed E-state index contributed by atoms with van der Waals surface area (Å²) in [6, 6.07) is 6.70. The molecule has 4 heteroatoms. The summed E-state index contributed by atoms with van der Waals surface area (Å²) in [5, 5.41) is 0. The minimum atomic E-state index is -0.339. The molecule has 1 aliphatic heterocycles. The van der Waals surface area contributed by atoms with Crippen molar-refractivity contribution in [3.63, 3.8) is 0 Å². The molecule has 1 aliphatic rings. The summed E-state index contributed by atoms with van der Waals surface area (Å²) in [5.74, 6) is 2.67. The molecule has 1 saturated heterocycles. The van der Waals surface area contributed by atoms with E-state index in [1.54, 1.807) is 24.3 Å². The van der Waals surface area contributed by atoms with Crippen LogP contribution in [0.4, 0.5) is 0 Å². The second-order valence-electron chi connectivity index (χ2n) is 3.91. The smallest absolute Gasteiger partial charge is 0.338 e. The SMILES string of the molecule is C#CCOc1ccc(C(=O)O[C@H]2CCOC2)cc1. The Morgan fingerprint density at radius 1 is 1.44 bits per heavy atom. The van der Waals surface area contributed by atoms with Gasteiger partial charge in [-0.3, -0.25) is 0 Å². The van der Waals surface area contributed by atoms with Crippen LogP contribution in [0.1, 0.15) is 16.8 Å². The monoisotopic (exact) mass is 246 g/mol. The van der Waals surface area contributed by atoms with E-state index >= 15 is 0 Å². The van der Waals surface area contributed by atoms with Crippen molar-refractivity contribution < 1.29 is 19.0 Å². The lowest BCUT2D eigenvalue weighted by atomic mass is 10.2. The number of hydrogen-bond acceptors (Lipinski definition) is 4. The third kappa shape index (κ3) is 3.25. The molecule has 0 spiro atoms. The van der Waals surface area contributed by atoms with E-state index in [1.807, 2.05) is 0 Å². The van der Waals surface area contributed by atoms with Crippen LogP contribution >= 0.6 is 0 Å². The van der Waals surface area contributed by atoms with Gasteiger partial charge in [0.25, 0.3) is 0 Å². The zero-order chi connectivity index (χ0) is 12.8. The first-order chi connectivity index (χ1) is 8.79. The molecule has 1 atom stereocenters. The standard InChI is InChI=1S/C14H14O4/c1-2-8-17-12-5-3-11(4-6-12)14(15)18-13-7-9-16-10-13/h1,3-6,13H,7-10H2/t13-/m0/s1. The topological polar surface area (TPSA) is 44.8 Å². The first-order valence-corrected chi connectivity index (χ1v) is 5.74. The highest BCUT2D eigenvalue weighted by molar-refractivity contribution is 5.89. The summed E-state index contributed by atoms with van der Waals surface area (Å²) in [6.45, 7) is 1.34. The van der Waals surface area contributed by atoms with Crippen molar-refractivity contribution in [1.29, 1.82) is 0 Å². The van der Waals surface area contributed by atoms with Crippen molar-refractivity contribution in [2.75, 3.05) is 19.8 Å². The molecule has 0 aromatic heterocycles. The fourth-order valence-corrected chi connectivity index (χ4v) is 1.64. The lowest BCUT2D eigenvalue weighted by Crippen LogP contribution is -2.18. The van der Waals surface area contributed by atoms with Crippen LogP contribution in [0.5, 0.6) is 5.75 Å². The van der Waals surface area contributed by atoms with E-state index in [9.17, 15) is 4.79 Å². The zero-order valence-electron chi connectivity index (χ0n) is 9.93. The number of esters is 1. The Morgan fingerprint density at radius 3 is 2.83 bits per heavy atom. The van der Waals surface area contributed by atoms with Crippen molar-refractivity contribution in [3.8, 4) is 18.1 Å². The molecule has 4 nitrogen and oxygen atoms in total. The molecular formula is C14H14O4. The molecule has 1 fully saturated rings. The largest absolute Gasteiger partial charge is 0.481 e. The van der Waals surface area contributed by atoms with Gasteiger partial charge in [-0.1, -0.05) is 5.92 Å². The second-order valence-corrected chi connectivity index (χ2v) is 3.91. The quantitative estimate of drug-likeness (QED) is 0.598. The molecule has 1 heterocycles. The van der Waals surface area contributed by atoms with Crippen LogP contribution in [-0.2, 0) is 9.47 Å². The third-order valence-corrected chi connectivity index (χ3v) is 2.57. The Kier molecular flexibility index (Phi) is 4.21. The molecule has 0 unspecified atom stereocenters. The molecule has 1 aromatic carbocycles. The third-order valence-electron chi connectivity index (χ3n) is 2.57. The molecule has 0 bridgehead atoms. The number of ether oxygens (including phenoxy) is 3. The molecule has 94 valence electrons. The van der Waals surface area contributed by atoms with Crippen molar-refractivity contribution in [1.82, 2.24) is 0 Å². The van der Waals surface area contributed by atoms with Crippen LogP contribution in [0.25, 0.3) is 0 Å². The average Bonchev–Trinajstić information content (AvgIpc) is 2.89. The van der Waals surface area contributed by atoms with Gasteiger partial charge in [0.15, 0.2) is 0 Å². The van der Waals surface area contributed by atoms with Gasteiger partial charge in [0, 0.05) is 6.42 Å². The first kappa shape index (κ1) is 12.5. The van der Waals surface area contributed by atoms with Gasteiger partial charge in [-0.15, -0.1) is 6.42 Å². The maximum atomic E-state index is 11.8. The molecule has 0 N–H and O–H groups in total. The number of terminal acetylenes is 1. The molecule has 0 amide bonds. The molecule has 0 saturated carbocycles. The summed E-state index contributed by atoms with van der Waals surface area (Å²) in [4.78, 5) is 11.8. The van der Waals surface area contributed by atoms with Crippen LogP contribution < -0.4 is 4.74 Å². The van der Waals surface area contributed by atoms with Crippen molar-refractivity contribution in [3.05, 3.63) is 29.8 Å². The molecule has 0 aliphatic carbocycles. The zero-order valence-corrected chi connectivity index (χ0v) is 9.93. The summed E-state index contributed by atoms with van der Waals surface area (Å²) in [5.41, 5.74) is 0.495. The minimum Gasteiger partial charge on any atom is -0.481 e. The van der Waals surface area contributed by atoms with Crippen molar-refractivity contribution in [2.24, 2.45) is 0 Å². The Labute approximate surface area is 106 Å². The van der Waals surface area contributed by atoms with Crippen LogP contribution in [-0.4, -0.2) is 31.9 Å². The maximum Gasteiger partial charge on any atom is 0.338 e. The van der Waals surface area contributed by atoms with E-state index in [4.69, 9.17) is 20.6 Å². The predicted octanol–water partition coefficient (Wildman–Crippen LogP) is 1.64. The molecule has 2 rings (SSSR count). The predicted molar refractivity (Wildman–Crippen MR) is 65.4 cm³/mol. The van der Waals surface area contributed by atoms with Crippen LogP contribution in [0, 0.1) is 12.3 Å². The van der Waals surface area contributed by atoms with Crippen LogP contribution in [0.15, 0.2) is 24.3 Å². The molecule has 0 radical (unpaired) electrons. The number of carbonyl (C=O) groups is 1. The summed E-state index contributed by atoms with van der Waals surface area (Å²) in [7, 11) is 0. The van der Waals surface area contributed by atoms with Gasteiger partial charge in [-0.05, 0) is 24.3 Å². The van der Waals surface area contributed by atoms with Gasteiger partial charge in [0.05, 0.1) is 18.8 Å². The average molecular weight is 246 g/mol. The number of rotatable bonds is 4. The van der Waals surface area contributed by atoms with Gasteiger partial charge in [0.2, 0.25) is 0 Å². The van der Waals surface area contributed by atoms with E-state index in [2.05, 4.69) is 5.92 Å². The number of carbonyl (C=O) groups excluding carboxylic acids is 1. The van der Waals surface area contributed by atoms with E-state index in [0.717, 1.165) is 6.42 Å². The van der Waals surface area contributed by atoms with Gasteiger partial charge in [-0.2, -0.15) is 0 Å². The van der Waals surface area contributed by atoms with Gasteiger partial charge >= 0.3 is 5.97 Å². The number of hydrogen-bond donors (Lipinski definition) is 0. The highest BCUT2D eigenvalue weighted by atomic mass is 16.6. The Balaban J connectivity index is 1.91. The summed E-state index contributed by atoms with van der Waals surface area (Å²) >= 11 is 0. The maximum absolute atomic E-state index is 11.8. The Hall–Kier alpha value is -1.99. The van der Waals surface area contributed by atoms with E-state index < -0.39 is 0 Å². The fourth-order valence-electron chi connectivity index (χ4n) is 1.64. The van der Waals surface area contributed by atoms with Gasteiger partial charge in [0.1, 0.15) is 18.5 Å². The highest BCUT2D eigenvalue weighted by Crippen LogP contribution is 2.15. The molecule has 18 heavy (non-hydrogen) atoms. The van der Waals surface area contributed by atoms with E-state index in [0.29, 0.717) is 24.5 Å². The van der Waals surface area contributed by atoms with Crippen LogP contribution in [0.2, 0.25) is 0 Å². The lowest BCUT2D eigenvalue weighted by molar-refractivity contribution is 0.0270. The minimum absolute atomic E-state index is 0.130. The summed E-state index contributed by atoms with van der Waals surface area (Å²) < 4.78 is 15.6. The normalized spacial score (nSPS) is 18.1. The van der Waals surface area contributed by atoms with Crippen molar-refractivity contribution >= 4 is 5.97 Å². The molecular weight excluding hydrogens is 232 g/mol. The van der Waals surface area contributed by atoms with E-state index in [-0.39, 0.29) is 18.7 Å². The summed E-state index contributed by atoms with van der Waals surface area (Å²) in [6.07, 6.45) is 5.71. The first-order valence-electron chi connectivity index (χ1n) is 5.74. The number of benzene rings is 1. The van der Waals surface area contributed by atoms with Gasteiger partial charge < -0.3 is 14.2 Å². The van der Waals surface area contributed by atoms with Crippen LogP contribution in [0.3, 0.4) is 0 Å².